The first-order valence-corrected chi connectivity index (χ1v) is 8.54. The third kappa shape index (κ3) is 3.16. The first-order valence-electron chi connectivity index (χ1n) is 8.54. The van der Waals surface area contributed by atoms with Gasteiger partial charge in [-0.05, 0) is 24.7 Å². The van der Waals surface area contributed by atoms with E-state index in [1.165, 1.54) is 10.6 Å². The number of primary amides is 1. The molecule has 0 unspecified atom stereocenters. The van der Waals surface area contributed by atoms with Gasteiger partial charge in [0.05, 0.1) is 0 Å². The van der Waals surface area contributed by atoms with Crippen LogP contribution in [0.15, 0.2) is 10.9 Å². The first kappa shape index (κ1) is 18.0. The number of carbonyl (C=O) groups is 2. The van der Waals surface area contributed by atoms with Gasteiger partial charge in [0, 0.05) is 18.7 Å². The number of fused-ring (bicyclic) bond motifs is 1. The van der Waals surface area contributed by atoms with Crippen LogP contribution in [0.3, 0.4) is 0 Å². The zero-order valence-electron chi connectivity index (χ0n) is 15.1. The van der Waals surface area contributed by atoms with Crippen molar-refractivity contribution in [1.82, 2.24) is 19.5 Å². The third-order valence-electron chi connectivity index (χ3n) is 4.40. The van der Waals surface area contributed by atoms with Gasteiger partial charge in [-0.2, -0.15) is 9.61 Å². The van der Waals surface area contributed by atoms with Crippen LogP contribution in [0.1, 0.15) is 60.9 Å². The maximum atomic E-state index is 13.0. The second-order valence-electron chi connectivity index (χ2n) is 7.92. The number of nitrogens with two attached hydrogens (primary N) is 1. The van der Waals surface area contributed by atoms with Crippen molar-refractivity contribution in [3.05, 3.63) is 27.7 Å². The van der Waals surface area contributed by atoms with Crippen LogP contribution in [0.4, 0.5) is 0 Å². The van der Waals surface area contributed by atoms with Crippen LogP contribution >= 0.6 is 0 Å². The lowest BCUT2D eigenvalue weighted by Gasteiger charge is -2.26. The minimum Gasteiger partial charge on any atom is -0.492 e. The van der Waals surface area contributed by atoms with Gasteiger partial charge in [0.1, 0.15) is 5.65 Å². The average molecular weight is 361 g/mol. The van der Waals surface area contributed by atoms with Crippen LogP contribution in [0.25, 0.3) is 5.65 Å². The molecule has 1 aliphatic rings. The van der Waals surface area contributed by atoms with Crippen molar-refractivity contribution in [2.24, 2.45) is 11.1 Å². The number of hydrogen-bond acceptors (Lipinski definition) is 5. The van der Waals surface area contributed by atoms with Gasteiger partial charge in [-0.15, -0.1) is 0 Å². The SMILES string of the molecule is CC(C)(C)Cn1c(=O)c(C(=O)NC2CCC2)c(O)n2nc(C(N)=O)cc12. The van der Waals surface area contributed by atoms with E-state index in [4.69, 9.17) is 5.73 Å². The Hall–Kier alpha value is -2.84. The fraction of sp³-hybridized carbons (Fsp3) is 0.529. The smallest absolute Gasteiger partial charge is 0.270 e. The predicted octanol–water partition coefficient (Wildman–Crippen LogP) is 0.629. The largest absolute Gasteiger partial charge is 0.492 e. The Balaban J connectivity index is 2.22. The number of amides is 2. The van der Waals surface area contributed by atoms with E-state index in [-0.39, 0.29) is 34.9 Å². The summed E-state index contributed by atoms with van der Waals surface area (Å²) in [7, 11) is 0. The molecule has 1 saturated carbocycles. The van der Waals surface area contributed by atoms with Gasteiger partial charge < -0.3 is 16.2 Å². The second kappa shape index (κ2) is 6.15. The van der Waals surface area contributed by atoms with Crippen molar-refractivity contribution in [3.63, 3.8) is 0 Å². The summed E-state index contributed by atoms with van der Waals surface area (Å²) >= 11 is 0. The second-order valence-corrected chi connectivity index (χ2v) is 7.92. The van der Waals surface area contributed by atoms with Gasteiger partial charge in [0.2, 0.25) is 5.88 Å². The lowest BCUT2D eigenvalue weighted by molar-refractivity contribution is 0.0909. The van der Waals surface area contributed by atoms with E-state index >= 15 is 0 Å². The predicted molar refractivity (Wildman–Crippen MR) is 94.2 cm³/mol. The standard InChI is InChI=1S/C17H23N5O4/c1-17(2,3)8-21-11-7-10(13(18)23)20-22(11)16(26)12(15(21)25)14(24)19-9-5-4-6-9/h7,9,26H,4-6,8H2,1-3H3,(H2,18,23)(H,19,24). The molecule has 9 nitrogen and oxygen atoms in total. The summed E-state index contributed by atoms with van der Waals surface area (Å²) in [6.45, 7) is 6.07. The summed E-state index contributed by atoms with van der Waals surface area (Å²) in [4.78, 5) is 37.0. The van der Waals surface area contributed by atoms with E-state index in [0.717, 1.165) is 23.8 Å². The molecule has 140 valence electrons. The average Bonchev–Trinajstić information content (AvgIpc) is 2.92. The minimum atomic E-state index is -0.789. The lowest BCUT2D eigenvalue weighted by Crippen LogP contribution is -2.43. The normalized spacial score (nSPS) is 15.0. The Morgan fingerprint density at radius 1 is 1.38 bits per heavy atom. The van der Waals surface area contributed by atoms with Crippen LogP contribution in [-0.4, -0.2) is 37.1 Å². The molecule has 1 aliphatic carbocycles. The zero-order valence-corrected chi connectivity index (χ0v) is 15.1. The number of hydrogen-bond donors (Lipinski definition) is 3. The Labute approximate surface area is 149 Å². The van der Waals surface area contributed by atoms with Gasteiger partial charge in [0.25, 0.3) is 17.4 Å². The van der Waals surface area contributed by atoms with Crippen molar-refractivity contribution in [2.75, 3.05) is 0 Å². The topological polar surface area (TPSA) is 132 Å². The molecule has 1 fully saturated rings. The molecular formula is C17H23N5O4. The monoisotopic (exact) mass is 361 g/mol. The number of rotatable bonds is 4. The lowest BCUT2D eigenvalue weighted by atomic mass is 9.93. The molecule has 2 heterocycles. The Kier molecular flexibility index (Phi) is 4.25. The molecule has 0 spiro atoms. The number of carbonyl (C=O) groups excluding carboxylic acids is 2. The fourth-order valence-electron chi connectivity index (χ4n) is 2.92. The molecule has 0 saturated heterocycles. The van der Waals surface area contributed by atoms with Crippen molar-refractivity contribution in [2.45, 2.75) is 52.6 Å². The molecule has 2 aromatic rings. The molecule has 0 bridgehead atoms. The molecule has 0 atom stereocenters. The Morgan fingerprint density at radius 2 is 2.04 bits per heavy atom. The maximum Gasteiger partial charge on any atom is 0.270 e. The highest BCUT2D eigenvalue weighted by Crippen LogP contribution is 2.23. The van der Waals surface area contributed by atoms with Crippen LogP contribution in [0.5, 0.6) is 5.88 Å². The van der Waals surface area contributed by atoms with Gasteiger partial charge in [-0.25, -0.2) is 0 Å². The van der Waals surface area contributed by atoms with Crippen molar-refractivity contribution in [3.8, 4) is 5.88 Å². The quantitative estimate of drug-likeness (QED) is 0.735. The molecule has 0 aliphatic heterocycles. The summed E-state index contributed by atoms with van der Waals surface area (Å²) in [5.41, 5.74) is 4.08. The Bertz CT molecular complexity index is 947. The minimum absolute atomic E-state index is 0.00636. The number of nitrogens with zero attached hydrogens (tertiary/aromatic N) is 3. The van der Waals surface area contributed by atoms with E-state index < -0.39 is 23.3 Å². The van der Waals surface area contributed by atoms with Crippen molar-refractivity contribution < 1.29 is 14.7 Å². The summed E-state index contributed by atoms with van der Waals surface area (Å²) in [6, 6.07) is 1.34. The highest BCUT2D eigenvalue weighted by molar-refractivity contribution is 5.97. The third-order valence-corrected chi connectivity index (χ3v) is 4.40. The highest BCUT2D eigenvalue weighted by atomic mass is 16.3. The van der Waals surface area contributed by atoms with Crippen LogP contribution in [0.2, 0.25) is 0 Å². The van der Waals surface area contributed by atoms with Gasteiger partial charge in [-0.1, -0.05) is 20.8 Å². The maximum absolute atomic E-state index is 13.0. The summed E-state index contributed by atoms with van der Waals surface area (Å²) in [5, 5.41) is 17.2. The van der Waals surface area contributed by atoms with Crippen LogP contribution in [0, 0.1) is 5.41 Å². The number of nitrogens with one attached hydrogen (secondary N) is 1. The van der Waals surface area contributed by atoms with Gasteiger partial charge in [0.15, 0.2) is 11.3 Å². The first-order chi connectivity index (χ1) is 12.1. The van der Waals surface area contributed by atoms with E-state index in [1.807, 2.05) is 20.8 Å². The van der Waals surface area contributed by atoms with Crippen LogP contribution < -0.4 is 16.6 Å². The molecular weight excluding hydrogens is 338 g/mol. The molecule has 4 N–H and O–H groups in total. The van der Waals surface area contributed by atoms with E-state index in [1.54, 1.807) is 0 Å². The molecule has 2 amide bonds. The molecule has 26 heavy (non-hydrogen) atoms. The number of aromatic hydroxyl groups is 1. The van der Waals surface area contributed by atoms with E-state index in [0.29, 0.717) is 0 Å². The van der Waals surface area contributed by atoms with E-state index in [9.17, 15) is 19.5 Å². The summed E-state index contributed by atoms with van der Waals surface area (Å²) in [6.07, 6.45) is 2.71. The van der Waals surface area contributed by atoms with Crippen molar-refractivity contribution >= 4 is 17.5 Å². The van der Waals surface area contributed by atoms with Gasteiger partial charge in [-0.3, -0.25) is 19.0 Å². The molecule has 9 heteroatoms. The molecule has 0 radical (unpaired) electrons. The zero-order chi connectivity index (χ0) is 19.2. The summed E-state index contributed by atoms with van der Waals surface area (Å²) < 4.78 is 2.36. The molecule has 3 rings (SSSR count). The summed E-state index contributed by atoms with van der Waals surface area (Å²) in [5.74, 6) is -2.03. The van der Waals surface area contributed by atoms with Crippen LogP contribution in [-0.2, 0) is 6.54 Å². The van der Waals surface area contributed by atoms with Crippen molar-refractivity contribution in [1.29, 1.82) is 0 Å². The Morgan fingerprint density at radius 3 is 2.54 bits per heavy atom. The van der Waals surface area contributed by atoms with E-state index in [2.05, 4.69) is 10.4 Å². The van der Waals surface area contributed by atoms with Gasteiger partial charge >= 0.3 is 0 Å². The number of aromatic nitrogens is 3. The molecule has 2 aromatic heterocycles. The highest BCUT2D eigenvalue weighted by Gasteiger charge is 2.29. The fourth-order valence-corrected chi connectivity index (χ4v) is 2.92. The molecule has 0 aromatic carbocycles.